The number of halogens is 1. The number of rotatable bonds is 5. The Morgan fingerprint density at radius 1 is 1.48 bits per heavy atom. The van der Waals surface area contributed by atoms with Crippen molar-refractivity contribution in [1.29, 1.82) is 0 Å². The number of hydrogen-bond donors (Lipinski definition) is 1. The van der Waals surface area contributed by atoms with E-state index in [0.29, 0.717) is 26.1 Å². The largest absolute Gasteiger partial charge is 0.356 e. The van der Waals surface area contributed by atoms with Gasteiger partial charge in [-0.25, -0.2) is 13.4 Å². The Balaban J connectivity index is 2.04. The highest BCUT2D eigenvalue weighted by molar-refractivity contribution is 7.89. The average molecular weight is 343 g/mol. The van der Waals surface area contributed by atoms with Gasteiger partial charge in [-0.05, 0) is 30.9 Å². The first-order chi connectivity index (χ1) is 10.8. The summed E-state index contributed by atoms with van der Waals surface area (Å²) >= 11 is 0. The van der Waals surface area contributed by atoms with Gasteiger partial charge in [0.05, 0.1) is 0 Å². The van der Waals surface area contributed by atoms with Crippen LogP contribution in [0.25, 0.3) is 0 Å². The molecule has 2 heterocycles. The van der Waals surface area contributed by atoms with Crippen molar-refractivity contribution in [1.82, 2.24) is 14.6 Å². The molecule has 6 nitrogen and oxygen atoms in total. The van der Waals surface area contributed by atoms with Crippen LogP contribution in [0.4, 0.5) is 4.39 Å². The van der Waals surface area contributed by atoms with Crippen LogP contribution in [-0.4, -0.2) is 43.2 Å². The number of sulfonamides is 1. The fourth-order valence-electron chi connectivity index (χ4n) is 2.53. The van der Waals surface area contributed by atoms with Crippen LogP contribution < -0.4 is 5.32 Å². The van der Waals surface area contributed by atoms with Crippen LogP contribution in [0, 0.1) is 17.8 Å². The molecule has 1 aliphatic heterocycles. The zero-order chi connectivity index (χ0) is 17.0. The molecule has 0 aromatic carbocycles. The highest BCUT2D eigenvalue weighted by Gasteiger charge is 2.31. The van der Waals surface area contributed by atoms with Gasteiger partial charge in [-0.3, -0.25) is 4.79 Å². The van der Waals surface area contributed by atoms with Crippen LogP contribution in [-0.2, 0) is 14.8 Å². The Labute approximate surface area is 136 Å². The van der Waals surface area contributed by atoms with E-state index in [0.717, 1.165) is 12.5 Å². The highest BCUT2D eigenvalue weighted by Crippen LogP contribution is 2.22. The molecule has 1 amide bonds. The fraction of sp³-hybridized carbons (Fsp3) is 0.600. The van der Waals surface area contributed by atoms with Gasteiger partial charge in [-0.1, -0.05) is 19.9 Å². The normalized spacial score (nSPS) is 19.7. The molecule has 1 fully saturated rings. The second-order valence-corrected chi connectivity index (χ2v) is 7.95. The summed E-state index contributed by atoms with van der Waals surface area (Å²) in [5.41, 5.74) is 0. The van der Waals surface area contributed by atoms with Gasteiger partial charge in [0.2, 0.25) is 11.9 Å². The summed E-state index contributed by atoms with van der Waals surface area (Å²) in [5, 5.41) is 2.56. The molecule has 0 saturated carbocycles. The molecule has 1 aliphatic rings. The molecule has 8 heteroatoms. The Hall–Kier alpha value is -1.54. The minimum absolute atomic E-state index is 0.0447. The van der Waals surface area contributed by atoms with E-state index in [4.69, 9.17) is 0 Å². The van der Waals surface area contributed by atoms with Gasteiger partial charge in [0.25, 0.3) is 10.0 Å². The molecule has 1 N–H and O–H groups in total. The lowest BCUT2D eigenvalue weighted by Gasteiger charge is -2.31. The Morgan fingerprint density at radius 3 is 2.87 bits per heavy atom. The minimum atomic E-state index is -3.80. The number of aromatic nitrogens is 1. The lowest BCUT2D eigenvalue weighted by Crippen LogP contribution is -2.44. The van der Waals surface area contributed by atoms with Gasteiger partial charge in [0.15, 0.2) is 5.03 Å². The Bertz CT molecular complexity index is 664. The second-order valence-electron chi connectivity index (χ2n) is 6.07. The van der Waals surface area contributed by atoms with Gasteiger partial charge in [0.1, 0.15) is 0 Å². The predicted molar refractivity (Wildman–Crippen MR) is 83.5 cm³/mol. The molecule has 1 saturated heterocycles. The van der Waals surface area contributed by atoms with E-state index >= 15 is 0 Å². The van der Waals surface area contributed by atoms with Crippen molar-refractivity contribution in [2.45, 2.75) is 31.7 Å². The van der Waals surface area contributed by atoms with Crippen molar-refractivity contribution in [3.63, 3.8) is 0 Å². The number of nitrogens with zero attached hydrogens (tertiary/aromatic N) is 2. The van der Waals surface area contributed by atoms with Crippen LogP contribution in [0.1, 0.15) is 26.7 Å². The third-order valence-corrected chi connectivity index (χ3v) is 5.63. The number of hydrogen-bond acceptors (Lipinski definition) is 4. The molecular formula is C15H22FN3O3S. The second kappa shape index (κ2) is 7.35. The number of pyridine rings is 1. The minimum Gasteiger partial charge on any atom is -0.356 e. The monoisotopic (exact) mass is 343 g/mol. The third-order valence-electron chi connectivity index (χ3n) is 3.86. The van der Waals surface area contributed by atoms with Gasteiger partial charge in [-0.15, -0.1) is 0 Å². The van der Waals surface area contributed by atoms with E-state index in [9.17, 15) is 17.6 Å². The molecule has 128 valence electrons. The molecule has 1 aromatic heterocycles. The van der Waals surface area contributed by atoms with Gasteiger partial charge >= 0.3 is 0 Å². The molecule has 0 spiro atoms. The zero-order valence-electron chi connectivity index (χ0n) is 13.3. The summed E-state index contributed by atoms with van der Waals surface area (Å²) in [5.74, 6) is -0.912. The van der Waals surface area contributed by atoms with Crippen molar-refractivity contribution in [3.8, 4) is 0 Å². The maximum atomic E-state index is 13.2. The van der Waals surface area contributed by atoms with Gasteiger partial charge in [-0.2, -0.15) is 8.70 Å². The van der Waals surface area contributed by atoms with Crippen molar-refractivity contribution in [3.05, 3.63) is 24.1 Å². The lowest BCUT2D eigenvalue weighted by atomic mass is 9.99. The molecule has 0 radical (unpaired) electrons. The predicted octanol–water partition coefficient (Wildman–Crippen LogP) is 1.39. The van der Waals surface area contributed by atoms with Gasteiger partial charge < -0.3 is 5.32 Å². The van der Waals surface area contributed by atoms with Crippen molar-refractivity contribution in [2.24, 2.45) is 11.8 Å². The first-order valence-electron chi connectivity index (χ1n) is 7.71. The van der Waals surface area contributed by atoms with E-state index in [1.807, 2.05) is 13.8 Å². The summed E-state index contributed by atoms with van der Waals surface area (Å²) < 4.78 is 39.6. The smallest absolute Gasteiger partial charge is 0.260 e. The molecule has 23 heavy (non-hydrogen) atoms. The Kier molecular flexibility index (Phi) is 5.69. The number of carbonyl (C=O) groups excluding carboxylic acids is 1. The summed E-state index contributed by atoms with van der Waals surface area (Å²) in [7, 11) is -3.80. The van der Waals surface area contributed by atoms with Gasteiger partial charge in [0, 0.05) is 25.6 Å². The van der Waals surface area contributed by atoms with E-state index in [1.54, 1.807) is 0 Å². The van der Waals surface area contributed by atoms with Crippen molar-refractivity contribution >= 4 is 15.9 Å². The number of piperidine rings is 1. The molecule has 1 aromatic rings. The van der Waals surface area contributed by atoms with Crippen LogP contribution in [0.2, 0.25) is 0 Å². The average Bonchev–Trinajstić information content (AvgIpc) is 2.52. The molecule has 1 atom stereocenters. The summed E-state index contributed by atoms with van der Waals surface area (Å²) in [6, 6.07) is 3.74. The fourth-order valence-corrected chi connectivity index (χ4v) is 4.02. The maximum absolute atomic E-state index is 13.2. The summed E-state index contributed by atoms with van der Waals surface area (Å²) in [6.45, 7) is 4.75. The van der Waals surface area contributed by atoms with E-state index < -0.39 is 16.0 Å². The molecule has 2 rings (SSSR count). The maximum Gasteiger partial charge on any atom is 0.260 e. The van der Waals surface area contributed by atoms with Crippen LogP contribution in [0.5, 0.6) is 0 Å². The van der Waals surface area contributed by atoms with E-state index in [-0.39, 0.29) is 22.8 Å². The first-order valence-corrected chi connectivity index (χ1v) is 9.15. The third kappa shape index (κ3) is 4.48. The Morgan fingerprint density at radius 2 is 2.22 bits per heavy atom. The molecule has 0 bridgehead atoms. The van der Waals surface area contributed by atoms with Crippen molar-refractivity contribution < 1.29 is 17.6 Å². The number of nitrogens with one attached hydrogen (secondary N) is 1. The van der Waals surface area contributed by atoms with E-state index in [2.05, 4.69) is 10.3 Å². The van der Waals surface area contributed by atoms with Crippen LogP contribution >= 0.6 is 0 Å². The van der Waals surface area contributed by atoms with Crippen LogP contribution in [0.3, 0.4) is 0 Å². The zero-order valence-corrected chi connectivity index (χ0v) is 14.1. The van der Waals surface area contributed by atoms with Crippen molar-refractivity contribution in [2.75, 3.05) is 19.6 Å². The molecule has 1 unspecified atom stereocenters. The number of amides is 1. The highest BCUT2D eigenvalue weighted by atomic mass is 32.2. The SMILES string of the molecule is CC(C)C(=O)NCC1CCCN(S(=O)(=O)c2cccc(F)n2)C1. The van der Waals surface area contributed by atoms with E-state index in [1.165, 1.54) is 16.4 Å². The summed E-state index contributed by atoms with van der Waals surface area (Å²) in [6.07, 6.45) is 1.55. The molecule has 0 aliphatic carbocycles. The first kappa shape index (κ1) is 17.8. The number of carbonyl (C=O) groups is 1. The molecular weight excluding hydrogens is 321 g/mol. The quantitative estimate of drug-likeness (QED) is 0.820. The topological polar surface area (TPSA) is 79.4 Å². The lowest BCUT2D eigenvalue weighted by molar-refractivity contribution is -0.124. The van der Waals surface area contributed by atoms with Crippen LogP contribution in [0.15, 0.2) is 23.2 Å². The standard InChI is InChI=1S/C15H22FN3O3S/c1-11(2)15(20)17-9-12-5-4-8-19(10-12)23(21,22)14-7-3-6-13(16)18-14/h3,6-7,11-12H,4-5,8-10H2,1-2H3,(H,17,20). The summed E-state index contributed by atoms with van der Waals surface area (Å²) in [4.78, 5) is 15.1.